The van der Waals surface area contributed by atoms with Crippen molar-refractivity contribution in [3.63, 3.8) is 0 Å². The Morgan fingerprint density at radius 1 is 0.926 bits per heavy atom. The molecule has 2 aromatic heterocycles. The van der Waals surface area contributed by atoms with E-state index in [0.717, 1.165) is 0 Å². The van der Waals surface area contributed by atoms with Crippen molar-refractivity contribution in [2.45, 2.75) is 13.8 Å². The van der Waals surface area contributed by atoms with E-state index in [1.807, 2.05) is 0 Å². The van der Waals surface area contributed by atoms with Gasteiger partial charge in [0, 0.05) is 24.8 Å². The van der Waals surface area contributed by atoms with Crippen LogP contribution in [-0.4, -0.2) is 40.2 Å². The minimum absolute atomic E-state index is 0. The van der Waals surface area contributed by atoms with Crippen molar-refractivity contribution in [1.82, 2.24) is 9.97 Å². The van der Waals surface area contributed by atoms with Gasteiger partial charge in [0.15, 0.2) is 0 Å². The Kier molecular flexibility index (Phi) is 16.3. The average molecular weight is 472 g/mol. The summed E-state index contributed by atoms with van der Waals surface area (Å²) in [5, 5.41) is 14.8. The first-order chi connectivity index (χ1) is 12.4. The van der Waals surface area contributed by atoms with Crippen molar-refractivity contribution in [1.29, 1.82) is 0 Å². The van der Waals surface area contributed by atoms with Gasteiger partial charge in [0.1, 0.15) is 0 Å². The molecule has 0 spiro atoms. The summed E-state index contributed by atoms with van der Waals surface area (Å²) in [5.41, 5.74) is 0.990. The Morgan fingerprint density at radius 2 is 1.26 bits per heavy atom. The quantitative estimate of drug-likeness (QED) is 0.283. The zero-order valence-electron chi connectivity index (χ0n) is 14.5. The first kappa shape index (κ1) is 26.4. The first-order valence-electron chi connectivity index (χ1n) is 7.38. The van der Waals surface area contributed by atoms with E-state index in [9.17, 15) is 9.59 Å². The number of hydrogen-bond acceptors (Lipinski definition) is 9. The summed E-state index contributed by atoms with van der Waals surface area (Å²) in [5.74, 6) is -0.638. The summed E-state index contributed by atoms with van der Waals surface area (Å²) in [6, 6.07) is 6.74. The molecule has 11 heteroatoms. The molecule has 2 aromatic rings. The molecule has 27 heavy (non-hydrogen) atoms. The number of rotatable bonds is 4. The van der Waals surface area contributed by atoms with Crippen LogP contribution in [0.1, 0.15) is 34.6 Å². The van der Waals surface area contributed by atoms with Crippen LogP contribution < -0.4 is 0 Å². The molecule has 0 aliphatic rings. The molecule has 0 atom stereocenters. The summed E-state index contributed by atoms with van der Waals surface area (Å²) in [4.78, 5) is 37.8. The van der Waals surface area contributed by atoms with Gasteiger partial charge < -0.3 is 24.8 Å². The maximum Gasteiger partial charge on any atom is 1.00 e. The van der Waals surface area contributed by atoms with Crippen LogP contribution in [0.15, 0.2) is 49.1 Å². The van der Waals surface area contributed by atoms with E-state index in [1.165, 1.54) is 12.4 Å². The van der Waals surface area contributed by atoms with Crippen LogP contribution in [0.2, 0.25) is 0 Å². The van der Waals surface area contributed by atoms with Crippen molar-refractivity contribution in [2.75, 3.05) is 13.2 Å². The number of nitrogens with zero attached hydrogens (tertiary/aromatic N) is 3. The van der Waals surface area contributed by atoms with Crippen LogP contribution in [0.5, 0.6) is 0 Å². The van der Waals surface area contributed by atoms with E-state index in [4.69, 9.17) is 24.8 Å². The normalized spacial score (nSPS) is 8.37. The van der Waals surface area contributed by atoms with Crippen molar-refractivity contribution in [3.8, 4) is 0 Å². The van der Waals surface area contributed by atoms with Crippen LogP contribution in [0.3, 0.4) is 0 Å². The SMILES string of the molecule is CCOC(=O)c1cccnc1.CCOC(=O)c1cccnc1.O=[N+]([O-])[O-].[Ag+]. The van der Waals surface area contributed by atoms with Crippen LogP contribution in [-0.2, 0) is 31.9 Å². The van der Waals surface area contributed by atoms with E-state index in [0.29, 0.717) is 24.3 Å². The van der Waals surface area contributed by atoms with E-state index >= 15 is 0 Å². The molecular formula is C16H18AgN3O7. The van der Waals surface area contributed by atoms with Crippen LogP contribution in [0.4, 0.5) is 0 Å². The second-order valence-electron chi connectivity index (χ2n) is 4.15. The van der Waals surface area contributed by atoms with E-state index in [1.54, 1.807) is 50.5 Å². The Labute approximate surface area is 171 Å². The van der Waals surface area contributed by atoms with Crippen molar-refractivity contribution >= 4 is 11.9 Å². The maximum atomic E-state index is 11.0. The molecule has 10 nitrogen and oxygen atoms in total. The van der Waals surface area contributed by atoms with Gasteiger partial charge in [-0.2, -0.15) is 0 Å². The smallest absolute Gasteiger partial charge is 0.462 e. The maximum absolute atomic E-state index is 11.0. The van der Waals surface area contributed by atoms with E-state index in [2.05, 4.69) is 9.97 Å². The standard InChI is InChI=1S/2C8H9NO2.Ag.NO3/c2*1-2-11-8(10)7-4-3-5-9-6-7;;2-1(3)4/h2*3-6H,2H2,1H3;;/q;;+1;-1. The summed E-state index contributed by atoms with van der Waals surface area (Å²) in [6.45, 7) is 4.34. The van der Waals surface area contributed by atoms with E-state index < -0.39 is 5.09 Å². The van der Waals surface area contributed by atoms with Gasteiger partial charge in [-0.25, -0.2) is 9.59 Å². The fourth-order valence-electron chi connectivity index (χ4n) is 1.40. The monoisotopic (exact) mass is 471 g/mol. The molecule has 0 aliphatic carbocycles. The van der Waals surface area contributed by atoms with Crippen molar-refractivity contribution < 1.29 is 46.5 Å². The minimum Gasteiger partial charge on any atom is -0.462 e. The molecular weight excluding hydrogens is 454 g/mol. The Morgan fingerprint density at radius 3 is 1.48 bits per heavy atom. The van der Waals surface area contributed by atoms with Gasteiger partial charge in [-0.1, -0.05) is 0 Å². The van der Waals surface area contributed by atoms with Crippen LogP contribution >= 0.6 is 0 Å². The van der Waals surface area contributed by atoms with Gasteiger partial charge in [-0.3, -0.25) is 9.97 Å². The third-order valence-electron chi connectivity index (χ3n) is 2.35. The van der Waals surface area contributed by atoms with Crippen molar-refractivity contribution in [3.05, 3.63) is 75.5 Å². The molecule has 0 unspecified atom stereocenters. The minimum atomic E-state index is -1.75. The van der Waals surface area contributed by atoms with Crippen LogP contribution in [0, 0.1) is 15.3 Å². The molecule has 0 aliphatic heterocycles. The van der Waals surface area contributed by atoms with Gasteiger partial charge in [0.05, 0.1) is 29.4 Å². The number of carbonyl (C=O) groups is 2. The second-order valence-corrected chi connectivity index (χ2v) is 4.15. The summed E-state index contributed by atoms with van der Waals surface area (Å²) in [6.07, 6.45) is 6.20. The molecule has 0 aromatic carbocycles. The Bertz CT molecular complexity index is 615. The number of pyridine rings is 2. The number of ether oxygens (including phenoxy) is 2. The number of hydrogen-bond donors (Lipinski definition) is 0. The predicted molar refractivity (Wildman–Crippen MR) is 90.7 cm³/mol. The van der Waals surface area contributed by atoms with Crippen molar-refractivity contribution in [2.24, 2.45) is 0 Å². The van der Waals surface area contributed by atoms with Gasteiger partial charge >= 0.3 is 34.3 Å². The summed E-state index contributed by atoms with van der Waals surface area (Å²) < 4.78 is 9.50. The third kappa shape index (κ3) is 14.1. The summed E-state index contributed by atoms with van der Waals surface area (Å²) in [7, 11) is 0. The molecule has 0 amide bonds. The summed E-state index contributed by atoms with van der Waals surface area (Å²) >= 11 is 0. The Balaban J connectivity index is 0. The molecule has 0 fully saturated rings. The number of esters is 2. The zero-order valence-corrected chi connectivity index (χ0v) is 16.0. The molecule has 2 heterocycles. The van der Waals surface area contributed by atoms with Gasteiger partial charge in [0.2, 0.25) is 0 Å². The fraction of sp³-hybridized carbons (Fsp3) is 0.250. The van der Waals surface area contributed by atoms with Crippen LogP contribution in [0.25, 0.3) is 0 Å². The first-order valence-corrected chi connectivity index (χ1v) is 7.38. The molecule has 0 N–H and O–H groups in total. The zero-order chi connectivity index (χ0) is 19.8. The topological polar surface area (TPSA) is 145 Å². The van der Waals surface area contributed by atoms with Gasteiger partial charge in [-0.05, 0) is 38.1 Å². The third-order valence-corrected chi connectivity index (χ3v) is 2.35. The fourth-order valence-corrected chi connectivity index (χ4v) is 1.40. The Hall–Kier alpha value is -2.82. The van der Waals surface area contributed by atoms with Gasteiger partial charge in [-0.15, -0.1) is 0 Å². The predicted octanol–water partition coefficient (Wildman–Crippen LogP) is 2.28. The molecule has 0 saturated heterocycles. The molecule has 0 bridgehead atoms. The molecule has 150 valence electrons. The largest absolute Gasteiger partial charge is 1.00 e. The van der Waals surface area contributed by atoms with Gasteiger partial charge in [0.25, 0.3) is 0 Å². The molecule has 2 rings (SSSR count). The second kappa shape index (κ2) is 16.6. The number of aromatic nitrogens is 2. The molecule has 0 radical (unpaired) electrons. The van der Waals surface area contributed by atoms with E-state index in [-0.39, 0.29) is 34.3 Å². The molecule has 0 saturated carbocycles. The average Bonchev–Trinajstić information content (AvgIpc) is 2.64. The number of carbonyl (C=O) groups excluding carboxylic acids is 2.